The summed E-state index contributed by atoms with van der Waals surface area (Å²) >= 11 is 0. The van der Waals surface area contributed by atoms with Gasteiger partial charge in [-0.1, -0.05) is 0 Å². The van der Waals surface area contributed by atoms with E-state index < -0.39 is 0 Å². The second kappa shape index (κ2) is 5.11. The van der Waals surface area contributed by atoms with Crippen LogP contribution in [0.5, 0.6) is 0 Å². The Kier molecular flexibility index (Phi) is 4.85. The Morgan fingerprint density at radius 1 is 1.50 bits per heavy atom. The number of carbonyl (C=O) groups is 1. The first-order valence-corrected chi connectivity index (χ1v) is 4.08. The van der Waals surface area contributed by atoms with Crippen molar-refractivity contribution in [2.45, 2.75) is 26.3 Å². The Balaban J connectivity index is 3.63. The lowest BCUT2D eigenvalue weighted by atomic mass is 10.1. The quantitative estimate of drug-likeness (QED) is 0.492. The summed E-state index contributed by atoms with van der Waals surface area (Å²) in [4.78, 5) is 10.7. The second-order valence-corrected chi connectivity index (χ2v) is 3.47. The Bertz CT molecular complexity index is 146. The summed E-state index contributed by atoms with van der Waals surface area (Å²) in [5.41, 5.74) is -0.249. The van der Waals surface area contributed by atoms with Crippen molar-refractivity contribution < 1.29 is 9.90 Å². The standard InChI is InChI=1S/C8H18N2O2/c1-7(12)10-8(2,3)6-9-4-5-11/h9,11H,4-6H2,1-3H3,(H,10,12). The summed E-state index contributed by atoms with van der Waals surface area (Å²) in [6, 6.07) is 0. The number of amides is 1. The van der Waals surface area contributed by atoms with Crippen molar-refractivity contribution in [2.24, 2.45) is 0 Å². The lowest BCUT2D eigenvalue weighted by Gasteiger charge is -2.25. The molecule has 72 valence electrons. The van der Waals surface area contributed by atoms with Crippen LogP contribution in [0.15, 0.2) is 0 Å². The summed E-state index contributed by atoms with van der Waals surface area (Å²) in [6.07, 6.45) is 0. The minimum absolute atomic E-state index is 0.0363. The average Bonchev–Trinajstić information content (AvgIpc) is 1.84. The van der Waals surface area contributed by atoms with Gasteiger partial charge in [0.05, 0.1) is 6.61 Å². The number of hydrogen-bond acceptors (Lipinski definition) is 3. The van der Waals surface area contributed by atoms with Crippen molar-refractivity contribution in [1.29, 1.82) is 0 Å². The molecule has 1 amide bonds. The Hall–Kier alpha value is -0.610. The van der Waals surface area contributed by atoms with Crippen molar-refractivity contribution in [1.82, 2.24) is 10.6 Å². The van der Waals surface area contributed by atoms with Crippen LogP contribution in [0.3, 0.4) is 0 Å². The van der Waals surface area contributed by atoms with Gasteiger partial charge in [0.15, 0.2) is 0 Å². The molecule has 0 bridgehead atoms. The highest BCUT2D eigenvalue weighted by molar-refractivity contribution is 5.73. The Labute approximate surface area is 73.3 Å². The van der Waals surface area contributed by atoms with Crippen LogP contribution in [0.1, 0.15) is 20.8 Å². The first kappa shape index (κ1) is 11.4. The fraction of sp³-hybridized carbons (Fsp3) is 0.875. The maximum Gasteiger partial charge on any atom is 0.217 e. The third-order valence-corrected chi connectivity index (χ3v) is 1.37. The van der Waals surface area contributed by atoms with Crippen molar-refractivity contribution in [2.75, 3.05) is 19.7 Å². The van der Waals surface area contributed by atoms with E-state index in [1.54, 1.807) is 0 Å². The summed E-state index contributed by atoms with van der Waals surface area (Å²) in [5.74, 6) is -0.0363. The zero-order valence-electron chi connectivity index (χ0n) is 7.98. The Morgan fingerprint density at radius 2 is 2.08 bits per heavy atom. The fourth-order valence-electron chi connectivity index (χ4n) is 1.00. The monoisotopic (exact) mass is 174 g/mol. The normalized spacial score (nSPS) is 11.3. The van der Waals surface area contributed by atoms with E-state index in [-0.39, 0.29) is 18.1 Å². The molecular weight excluding hydrogens is 156 g/mol. The van der Waals surface area contributed by atoms with Gasteiger partial charge in [0, 0.05) is 25.6 Å². The number of nitrogens with one attached hydrogen (secondary N) is 2. The minimum Gasteiger partial charge on any atom is -0.395 e. The molecule has 0 aliphatic rings. The number of aliphatic hydroxyl groups is 1. The smallest absolute Gasteiger partial charge is 0.217 e. The van der Waals surface area contributed by atoms with E-state index in [0.717, 1.165) is 0 Å². The van der Waals surface area contributed by atoms with Crippen molar-refractivity contribution in [3.63, 3.8) is 0 Å². The number of aliphatic hydroxyl groups excluding tert-OH is 1. The van der Waals surface area contributed by atoms with Gasteiger partial charge in [-0.3, -0.25) is 4.79 Å². The first-order chi connectivity index (χ1) is 5.48. The van der Waals surface area contributed by atoms with E-state index in [1.165, 1.54) is 6.92 Å². The molecule has 0 unspecified atom stereocenters. The zero-order valence-corrected chi connectivity index (χ0v) is 7.98. The molecule has 0 saturated carbocycles. The molecule has 0 heterocycles. The van der Waals surface area contributed by atoms with Gasteiger partial charge in [0.25, 0.3) is 0 Å². The van der Waals surface area contributed by atoms with Crippen LogP contribution in [0.2, 0.25) is 0 Å². The lowest BCUT2D eigenvalue weighted by molar-refractivity contribution is -0.120. The molecule has 0 aromatic carbocycles. The molecule has 0 aliphatic heterocycles. The number of carbonyl (C=O) groups excluding carboxylic acids is 1. The van der Waals surface area contributed by atoms with Crippen LogP contribution >= 0.6 is 0 Å². The van der Waals surface area contributed by atoms with Gasteiger partial charge < -0.3 is 15.7 Å². The molecule has 3 N–H and O–H groups in total. The predicted molar refractivity (Wildman–Crippen MR) is 47.9 cm³/mol. The van der Waals surface area contributed by atoms with Crippen LogP contribution in [0.4, 0.5) is 0 Å². The molecule has 4 nitrogen and oxygen atoms in total. The van der Waals surface area contributed by atoms with E-state index in [0.29, 0.717) is 13.1 Å². The highest BCUT2D eigenvalue weighted by Gasteiger charge is 2.17. The van der Waals surface area contributed by atoms with E-state index >= 15 is 0 Å². The predicted octanol–water partition coefficient (Wildman–Crippen LogP) is -0.517. The molecule has 4 heteroatoms. The second-order valence-electron chi connectivity index (χ2n) is 3.47. The van der Waals surface area contributed by atoms with Crippen LogP contribution in [-0.4, -0.2) is 36.2 Å². The van der Waals surface area contributed by atoms with Crippen LogP contribution in [0, 0.1) is 0 Å². The summed E-state index contributed by atoms with van der Waals surface area (Å²) in [6.45, 7) is 6.69. The molecule has 0 spiro atoms. The molecule has 12 heavy (non-hydrogen) atoms. The maximum absolute atomic E-state index is 10.7. The fourth-order valence-corrected chi connectivity index (χ4v) is 1.00. The Morgan fingerprint density at radius 3 is 2.50 bits per heavy atom. The first-order valence-electron chi connectivity index (χ1n) is 4.08. The molecule has 0 rings (SSSR count). The lowest BCUT2D eigenvalue weighted by Crippen LogP contribution is -2.49. The SMILES string of the molecule is CC(=O)NC(C)(C)CNCCO. The number of rotatable bonds is 5. The molecule has 0 aliphatic carbocycles. The van der Waals surface area contributed by atoms with Gasteiger partial charge >= 0.3 is 0 Å². The van der Waals surface area contributed by atoms with Gasteiger partial charge in [-0.25, -0.2) is 0 Å². The van der Waals surface area contributed by atoms with Gasteiger partial charge in [0.2, 0.25) is 5.91 Å². The van der Waals surface area contributed by atoms with Crippen LogP contribution in [-0.2, 0) is 4.79 Å². The topological polar surface area (TPSA) is 61.4 Å². The van der Waals surface area contributed by atoms with E-state index in [4.69, 9.17) is 5.11 Å². The van der Waals surface area contributed by atoms with Gasteiger partial charge in [-0.05, 0) is 13.8 Å². The third-order valence-electron chi connectivity index (χ3n) is 1.37. The molecule has 0 atom stereocenters. The average molecular weight is 174 g/mol. The van der Waals surface area contributed by atoms with Crippen molar-refractivity contribution in [3.8, 4) is 0 Å². The molecule has 0 aromatic rings. The van der Waals surface area contributed by atoms with Crippen LogP contribution in [0.25, 0.3) is 0 Å². The van der Waals surface area contributed by atoms with Gasteiger partial charge in [-0.15, -0.1) is 0 Å². The minimum atomic E-state index is -0.249. The van der Waals surface area contributed by atoms with Crippen LogP contribution < -0.4 is 10.6 Å². The van der Waals surface area contributed by atoms with E-state index in [2.05, 4.69) is 10.6 Å². The summed E-state index contributed by atoms with van der Waals surface area (Å²) in [7, 11) is 0. The van der Waals surface area contributed by atoms with Crippen molar-refractivity contribution in [3.05, 3.63) is 0 Å². The number of hydrogen-bond donors (Lipinski definition) is 3. The molecule has 0 aromatic heterocycles. The highest BCUT2D eigenvalue weighted by Crippen LogP contribution is 1.98. The van der Waals surface area contributed by atoms with E-state index in [1.807, 2.05) is 13.8 Å². The molecule has 0 fully saturated rings. The van der Waals surface area contributed by atoms with Gasteiger partial charge in [-0.2, -0.15) is 0 Å². The largest absolute Gasteiger partial charge is 0.395 e. The summed E-state index contributed by atoms with van der Waals surface area (Å²) in [5, 5.41) is 14.3. The zero-order chi connectivity index (χ0) is 9.61. The molecular formula is C8H18N2O2. The highest BCUT2D eigenvalue weighted by atomic mass is 16.3. The third kappa shape index (κ3) is 6.12. The molecule has 0 saturated heterocycles. The van der Waals surface area contributed by atoms with E-state index in [9.17, 15) is 4.79 Å². The van der Waals surface area contributed by atoms with Crippen molar-refractivity contribution >= 4 is 5.91 Å². The van der Waals surface area contributed by atoms with Gasteiger partial charge in [0.1, 0.15) is 0 Å². The summed E-state index contributed by atoms with van der Waals surface area (Å²) < 4.78 is 0. The molecule has 0 radical (unpaired) electrons. The maximum atomic E-state index is 10.7.